The van der Waals surface area contributed by atoms with Crippen LogP contribution in [0.25, 0.3) is 0 Å². The lowest BCUT2D eigenvalue weighted by atomic mass is 10.2. The maximum Gasteiger partial charge on any atom is 0.338 e. The molecule has 0 atom stereocenters. The van der Waals surface area contributed by atoms with Crippen LogP contribution in [-0.2, 0) is 32.4 Å². The highest BCUT2D eigenvalue weighted by molar-refractivity contribution is 7.90. The maximum absolute atomic E-state index is 12.2. The molecule has 1 heterocycles. The number of aryl methyl sites for hydroxylation is 1. The molecule has 1 N–H and O–H groups in total. The average Bonchev–Trinajstić information content (AvgIpc) is 3.14. The van der Waals surface area contributed by atoms with E-state index in [0.717, 1.165) is 17.5 Å². The summed E-state index contributed by atoms with van der Waals surface area (Å²) in [4.78, 5) is 28.8. The van der Waals surface area contributed by atoms with Crippen LogP contribution in [0.3, 0.4) is 0 Å². The molecule has 30 heavy (non-hydrogen) atoms. The number of amides is 1. The quantitative estimate of drug-likeness (QED) is 0.561. The predicted molar refractivity (Wildman–Crippen MR) is 114 cm³/mol. The molecular weight excluding hydrogens is 424 g/mol. The number of carbonyl (C=O) groups is 2. The number of nitrogens with zero attached hydrogens (tertiary/aromatic N) is 1. The molecule has 0 bridgehead atoms. The topological polar surface area (TPSA) is 102 Å². The number of nitrogens with one attached hydrogen (secondary N) is 1. The Hall–Kier alpha value is -3.04. The summed E-state index contributed by atoms with van der Waals surface area (Å²) >= 11 is 1.31. The number of esters is 1. The van der Waals surface area contributed by atoms with E-state index in [2.05, 4.69) is 10.3 Å². The van der Waals surface area contributed by atoms with Crippen LogP contribution in [0.4, 0.5) is 5.69 Å². The summed E-state index contributed by atoms with van der Waals surface area (Å²) < 4.78 is 28.2. The molecule has 0 saturated carbocycles. The smallest absolute Gasteiger partial charge is 0.338 e. The van der Waals surface area contributed by atoms with E-state index >= 15 is 0 Å². The minimum atomic E-state index is -3.32. The molecule has 0 radical (unpaired) electrons. The van der Waals surface area contributed by atoms with Gasteiger partial charge in [0.05, 0.1) is 22.6 Å². The summed E-state index contributed by atoms with van der Waals surface area (Å²) in [5.41, 5.74) is 2.52. The summed E-state index contributed by atoms with van der Waals surface area (Å²) in [6.07, 6.45) is 1.22. The van der Waals surface area contributed by atoms with E-state index in [1.54, 1.807) is 5.38 Å². The van der Waals surface area contributed by atoms with Gasteiger partial charge in [0.25, 0.3) is 0 Å². The van der Waals surface area contributed by atoms with Gasteiger partial charge in [0.15, 0.2) is 9.84 Å². The fourth-order valence-electron chi connectivity index (χ4n) is 2.60. The number of carbonyl (C=O) groups excluding carboxylic acids is 2. The standard InChI is InChI=1S/C21H20N2O5S2/c1-14-5-3-4-6-18(14)23-19(24)11-20-22-16(13-29-20)12-28-21(25)15-7-9-17(10-8-15)30(2,26)27/h3-10,13H,11-12H2,1-2H3,(H,23,24). The number of rotatable bonds is 7. The third-order valence-corrected chi connectivity index (χ3v) is 6.23. The minimum absolute atomic E-state index is 0.0391. The minimum Gasteiger partial charge on any atom is -0.456 e. The number of benzene rings is 2. The van der Waals surface area contributed by atoms with Crippen LogP contribution in [0, 0.1) is 6.92 Å². The lowest BCUT2D eigenvalue weighted by Gasteiger charge is -2.06. The Morgan fingerprint density at radius 2 is 1.80 bits per heavy atom. The van der Waals surface area contributed by atoms with Gasteiger partial charge in [-0.05, 0) is 42.8 Å². The van der Waals surface area contributed by atoms with E-state index in [-0.39, 0.29) is 29.4 Å². The third kappa shape index (κ3) is 5.74. The average molecular weight is 445 g/mol. The molecule has 0 aliphatic heterocycles. The van der Waals surface area contributed by atoms with E-state index in [1.807, 2.05) is 31.2 Å². The number of sulfone groups is 1. The Labute approximate surface area is 178 Å². The van der Waals surface area contributed by atoms with Gasteiger partial charge in [0.2, 0.25) is 5.91 Å². The Balaban J connectivity index is 1.53. The molecule has 9 heteroatoms. The monoisotopic (exact) mass is 444 g/mol. The molecular formula is C21H20N2O5S2. The molecule has 0 unspecified atom stereocenters. The molecule has 0 aliphatic carbocycles. The molecule has 0 fully saturated rings. The van der Waals surface area contributed by atoms with Crippen molar-refractivity contribution in [1.29, 1.82) is 0 Å². The van der Waals surface area contributed by atoms with E-state index in [9.17, 15) is 18.0 Å². The van der Waals surface area contributed by atoms with Gasteiger partial charge in [-0.25, -0.2) is 18.2 Å². The molecule has 0 saturated heterocycles. The third-order valence-electron chi connectivity index (χ3n) is 4.20. The number of aromatic nitrogens is 1. The van der Waals surface area contributed by atoms with Crippen molar-refractivity contribution in [3.8, 4) is 0 Å². The van der Waals surface area contributed by atoms with E-state index in [1.165, 1.54) is 35.6 Å². The van der Waals surface area contributed by atoms with Gasteiger partial charge in [-0.2, -0.15) is 0 Å². The van der Waals surface area contributed by atoms with Crippen LogP contribution >= 0.6 is 11.3 Å². The SMILES string of the molecule is Cc1ccccc1NC(=O)Cc1nc(COC(=O)c2ccc(S(C)(=O)=O)cc2)cs1. The van der Waals surface area contributed by atoms with Crippen LogP contribution in [-0.4, -0.2) is 31.5 Å². The lowest BCUT2D eigenvalue weighted by Crippen LogP contribution is -2.15. The molecule has 0 spiro atoms. The molecule has 7 nitrogen and oxygen atoms in total. The second-order valence-corrected chi connectivity index (χ2v) is 9.60. The first-order chi connectivity index (χ1) is 14.2. The van der Waals surface area contributed by atoms with Gasteiger partial charge in [0, 0.05) is 17.3 Å². The predicted octanol–water partition coefficient (Wildman–Crippen LogP) is 3.39. The molecule has 0 aliphatic rings. The van der Waals surface area contributed by atoms with Gasteiger partial charge in [-0.3, -0.25) is 4.79 Å². The van der Waals surface area contributed by atoms with Crippen molar-refractivity contribution >= 4 is 38.7 Å². The van der Waals surface area contributed by atoms with Crippen molar-refractivity contribution in [2.45, 2.75) is 24.8 Å². The van der Waals surface area contributed by atoms with Crippen molar-refractivity contribution in [2.75, 3.05) is 11.6 Å². The summed E-state index contributed by atoms with van der Waals surface area (Å²) in [5.74, 6) is -0.755. The van der Waals surface area contributed by atoms with Gasteiger partial charge < -0.3 is 10.1 Å². The first-order valence-electron chi connectivity index (χ1n) is 8.98. The van der Waals surface area contributed by atoms with E-state index in [4.69, 9.17) is 4.74 Å². The Bertz CT molecular complexity index is 1170. The fraction of sp³-hybridized carbons (Fsp3) is 0.190. The van der Waals surface area contributed by atoms with Crippen LogP contribution < -0.4 is 5.32 Å². The Morgan fingerprint density at radius 1 is 1.10 bits per heavy atom. The van der Waals surface area contributed by atoms with Crippen LogP contribution in [0.5, 0.6) is 0 Å². The van der Waals surface area contributed by atoms with Crippen molar-refractivity contribution < 1.29 is 22.7 Å². The molecule has 1 aromatic heterocycles. The first-order valence-corrected chi connectivity index (χ1v) is 11.8. The molecule has 1 amide bonds. The summed E-state index contributed by atoms with van der Waals surface area (Å²) in [5, 5.41) is 5.20. The van der Waals surface area contributed by atoms with Crippen LogP contribution in [0.1, 0.15) is 26.6 Å². The summed E-state index contributed by atoms with van der Waals surface area (Å²) in [6.45, 7) is 1.88. The summed E-state index contributed by atoms with van der Waals surface area (Å²) in [6, 6.07) is 13.0. The highest BCUT2D eigenvalue weighted by atomic mass is 32.2. The normalized spacial score (nSPS) is 11.1. The Morgan fingerprint density at radius 3 is 2.47 bits per heavy atom. The number of thiazole rings is 1. The van der Waals surface area contributed by atoms with Gasteiger partial charge in [-0.1, -0.05) is 18.2 Å². The first kappa shape index (κ1) is 21.7. The highest BCUT2D eigenvalue weighted by Gasteiger charge is 2.13. The van der Waals surface area contributed by atoms with Crippen molar-refractivity contribution in [3.63, 3.8) is 0 Å². The fourth-order valence-corrected chi connectivity index (χ4v) is 4.01. The largest absolute Gasteiger partial charge is 0.456 e. The number of anilines is 1. The van der Waals surface area contributed by atoms with E-state index in [0.29, 0.717) is 10.7 Å². The van der Waals surface area contributed by atoms with Gasteiger partial charge >= 0.3 is 5.97 Å². The van der Waals surface area contributed by atoms with Crippen molar-refractivity contribution in [1.82, 2.24) is 4.98 Å². The molecule has 2 aromatic carbocycles. The number of hydrogen-bond donors (Lipinski definition) is 1. The highest BCUT2D eigenvalue weighted by Crippen LogP contribution is 2.16. The van der Waals surface area contributed by atoms with Gasteiger partial charge in [-0.15, -0.1) is 11.3 Å². The zero-order valence-electron chi connectivity index (χ0n) is 16.4. The Kier molecular flexibility index (Phi) is 6.63. The molecule has 3 rings (SSSR count). The number of ether oxygens (including phenoxy) is 1. The molecule has 3 aromatic rings. The second kappa shape index (κ2) is 9.19. The van der Waals surface area contributed by atoms with Crippen LogP contribution in [0.15, 0.2) is 58.8 Å². The molecule has 156 valence electrons. The van der Waals surface area contributed by atoms with E-state index < -0.39 is 15.8 Å². The maximum atomic E-state index is 12.2. The zero-order chi connectivity index (χ0) is 21.7. The number of hydrogen-bond acceptors (Lipinski definition) is 7. The van der Waals surface area contributed by atoms with Crippen molar-refractivity contribution in [2.24, 2.45) is 0 Å². The zero-order valence-corrected chi connectivity index (χ0v) is 18.0. The number of para-hydroxylation sites is 1. The van der Waals surface area contributed by atoms with Gasteiger partial charge in [0.1, 0.15) is 11.6 Å². The van der Waals surface area contributed by atoms with Crippen LogP contribution in [0.2, 0.25) is 0 Å². The second-order valence-electron chi connectivity index (χ2n) is 6.65. The van der Waals surface area contributed by atoms with Crippen molar-refractivity contribution in [3.05, 3.63) is 75.7 Å². The summed E-state index contributed by atoms with van der Waals surface area (Å²) in [7, 11) is -3.32. The lowest BCUT2D eigenvalue weighted by molar-refractivity contribution is -0.115.